The summed E-state index contributed by atoms with van der Waals surface area (Å²) in [6.07, 6.45) is -0.334. The third-order valence-electron chi connectivity index (χ3n) is 3.01. The quantitative estimate of drug-likeness (QED) is 0.589. The van der Waals surface area contributed by atoms with E-state index < -0.39 is 24.3 Å². The topological polar surface area (TPSA) is 108 Å². The predicted octanol–water partition coefficient (Wildman–Crippen LogP) is 0.263. The van der Waals surface area contributed by atoms with Crippen LogP contribution in [0.1, 0.15) is 26.7 Å². The lowest BCUT2D eigenvalue weighted by atomic mass is 10.00. The fraction of sp³-hybridized carbons (Fsp3) is 0.818. The standard InChI is InChI=1S/C11H19N3O7/c1-3-18-11(17)19-8(2)20-14-13(21-14)12-6-4-5-9(7-12)10(15)16/h8-9H,3-7H2,1-2H3,(H,15,16). The Labute approximate surface area is 120 Å². The van der Waals surface area contributed by atoms with Gasteiger partial charge in [-0.3, -0.25) is 9.80 Å². The number of piperidine rings is 1. The Balaban J connectivity index is 1.79. The molecule has 0 radical (unpaired) electrons. The first-order chi connectivity index (χ1) is 10.0. The summed E-state index contributed by atoms with van der Waals surface area (Å²) in [7, 11) is 0. The number of rotatable bonds is 6. The summed E-state index contributed by atoms with van der Waals surface area (Å²) in [5, 5.41) is 11.7. The molecule has 0 aliphatic carbocycles. The van der Waals surface area contributed by atoms with Crippen molar-refractivity contribution in [2.24, 2.45) is 5.92 Å². The minimum Gasteiger partial charge on any atom is -0.481 e. The number of ether oxygens (including phenoxy) is 2. The van der Waals surface area contributed by atoms with Crippen molar-refractivity contribution in [2.75, 3.05) is 24.7 Å². The maximum absolute atomic E-state index is 11.1. The Morgan fingerprint density at radius 1 is 1.48 bits per heavy atom. The lowest BCUT2D eigenvalue weighted by molar-refractivity contribution is -0.142. The number of aliphatic carboxylic acids is 1. The van der Waals surface area contributed by atoms with E-state index in [2.05, 4.69) is 4.74 Å². The Morgan fingerprint density at radius 3 is 2.90 bits per heavy atom. The highest BCUT2D eigenvalue weighted by atomic mass is 17.0. The number of carbonyl (C=O) groups excluding carboxylic acids is 1. The SMILES string of the molecule is CCOC(=O)OC(C)On1on1N1CCCC(C(=O)O)C1. The van der Waals surface area contributed by atoms with Crippen LogP contribution in [0.4, 0.5) is 4.79 Å². The summed E-state index contributed by atoms with van der Waals surface area (Å²) in [6, 6.07) is 0. The molecule has 2 rings (SSSR count). The lowest BCUT2D eigenvalue weighted by Crippen LogP contribution is -2.44. The smallest absolute Gasteiger partial charge is 0.481 e. The van der Waals surface area contributed by atoms with E-state index in [1.165, 1.54) is 11.9 Å². The summed E-state index contributed by atoms with van der Waals surface area (Å²) < 4.78 is 14.4. The van der Waals surface area contributed by atoms with Gasteiger partial charge in [0, 0.05) is 18.4 Å². The first-order valence-electron chi connectivity index (χ1n) is 6.77. The zero-order valence-corrected chi connectivity index (χ0v) is 11.9. The van der Waals surface area contributed by atoms with Gasteiger partial charge in [-0.05, 0) is 19.8 Å². The summed E-state index contributed by atoms with van der Waals surface area (Å²) >= 11 is 0. The van der Waals surface area contributed by atoms with Crippen LogP contribution >= 0.6 is 0 Å². The van der Waals surface area contributed by atoms with Crippen LogP contribution in [-0.4, -0.2) is 53.2 Å². The summed E-state index contributed by atoms with van der Waals surface area (Å²) in [5.74, 6) is -1.26. The molecule has 2 atom stereocenters. The monoisotopic (exact) mass is 305 g/mol. The molecule has 1 aliphatic heterocycles. The Bertz CT molecular complexity index is 477. The highest BCUT2D eigenvalue weighted by molar-refractivity contribution is 5.70. The van der Waals surface area contributed by atoms with Crippen molar-refractivity contribution in [2.45, 2.75) is 33.0 Å². The average molecular weight is 305 g/mol. The highest BCUT2D eigenvalue weighted by Crippen LogP contribution is 2.17. The minimum atomic E-state index is -0.894. The zero-order chi connectivity index (χ0) is 15.4. The van der Waals surface area contributed by atoms with Crippen molar-refractivity contribution < 1.29 is 33.6 Å². The van der Waals surface area contributed by atoms with E-state index in [1.807, 2.05) is 0 Å². The van der Waals surface area contributed by atoms with Crippen LogP contribution in [0.5, 0.6) is 0 Å². The van der Waals surface area contributed by atoms with Crippen molar-refractivity contribution in [3.8, 4) is 0 Å². The van der Waals surface area contributed by atoms with E-state index in [0.717, 1.165) is 11.4 Å². The van der Waals surface area contributed by atoms with Gasteiger partial charge < -0.3 is 19.4 Å². The molecule has 0 amide bonds. The number of hydrogen-bond acceptors (Lipinski definition) is 7. The largest absolute Gasteiger partial charge is 0.511 e. The second kappa shape index (κ2) is 6.46. The van der Waals surface area contributed by atoms with E-state index in [-0.39, 0.29) is 6.61 Å². The van der Waals surface area contributed by atoms with Gasteiger partial charge in [-0.25, -0.2) is 4.79 Å². The molecule has 1 aliphatic rings. The third-order valence-corrected chi connectivity index (χ3v) is 3.01. The van der Waals surface area contributed by atoms with E-state index in [9.17, 15) is 9.59 Å². The van der Waals surface area contributed by atoms with Crippen LogP contribution in [0.3, 0.4) is 0 Å². The molecule has 2 heterocycles. The number of carbonyl (C=O) groups is 2. The van der Waals surface area contributed by atoms with Gasteiger partial charge in [0.2, 0.25) is 0 Å². The van der Waals surface area contributed by atoms with Gasteiger partial charge in [0.05, 0.1) is 19.1 Å². The maximum atomic E-state index is 11.1. The molecule has 1 aromatic rings. The molecular weight excluding hydrogens is 286 g/mol. The number of carboxylic acids is 1. The van der Waals surface area contributed by atoms with Crippen LogP contribution < -0.4 is 9.85 Å². The Hall–Kier alpha value is -2.26. The molecule has 0 saturated carbocycles. The molecule has 1 N–H and O–H groups in total. The van der Waals surface area contributed by atoms with Crippen LogP contribution in [0.25, 0.3) is 0 Å². The van der Waals surface area contributed by atoms with E-state index in [1.54, 1.807) is 11.9 Å². The van der Waals surface area contributed by atoms with E-state index in [4.69, 9.17) is 19.3 Å². The van der Waals surface area contributed by atoms with Gasteiger partial charge in [-0.15, -0.1) is 0 Å². The molecule has 1 aromatic heterocycles. The van der Waals surface area contributed by atoms with Crippen LogP contribution in [0.15, 0.2) is 4.63 Å². The number of carboxylic acid groups (broad SMARTS) is 1. The van der Waals surface area contributed by atoms with Crippen LogP contribution in [0, 0.1) is 5.92 Å². The van der Waals surface area contributed by atoms with Gasteiger partial charge in [0.15, 0.2) is 0 Å². The van der Waals surface area contributed by atoms with E-state index >= 15 is 0 Å². The van der Waals surface area contributed by atoms with Gasteiger partial charge in [0.1, 0.15) is 5.02 Å². The molecule has 0 spiro atoms. The van der Waals surface area contributed by atoms with Crippen LogP contribution in [0.2, 0.25) is 0 Å². The molecule has 1 saturated heterocycles. The third kappa shape index (κ3) is 4.10. The fourth-order valence-corrected chi connectivity index (χ4v) is 2.01. The average Bonchev–Trinajstić information content (AvgIpc) is 3.18. The number of hydrogen-bond donors (Lipinski definition) is 1. The second-order valence-corrected chi connectivity index (χ2v) is 4.64. The molecule has 1 fully saturated rings. The first kappa shape index (κ1) is 15.1. The summed E-state index contributed by atoms with van der Waals surface area (Å²) in [6.45, 7) is 4.38. The summed E-state index contributed by atoms with van der Waals surface area (Å²) in [4.78, 5) is 28.5. The molecule has 21 heavy (non-hydrogen) atoms. The minimum absolute atomic E-state index is 0.211. The molecule has 2 unspecified atom stereocenters. The van der Waals surface area contributed by atoms with Crippen molar-refractivity contribution >= 4 is 12.1 Å². The maximum Gasteiger partial charge on any atom is 0.511 e. The molecule has 0 bridgehead atoms. The van der Waals surface area contributed by atoms with Crippen molar-refractivity contribution in [3.05, 3.63) is 0 Å². The first-order valence-corrected chi connectivity index (χ1v) is 6.77. The van der Waals surface area contributed by atoms with Crippen molar-refractivity contribution in [1.29, 1.82) is 0 Å². The second-order valence-electron chi connectivity index (χ2n) is 4.64. The number of aromatic nitrogens is 2. The van der Waals surface area contributed by atoms with Gasteiger partial charge in [0.25, 0.3) is 6.29 Å². The molecule has 10 heteroatoms. The van der Waals surface area contributed by atoms with Gasteiger partial charge in [-0.2, -0.15) is 4.63 Å². The zero-order valence-electron chi connectivity index (χ0n) is 11.9. The molecule has 0 aromatic carbocycles. The Kier molecular flexibility index (Phi) is 4.66. The predicted molar refractivity (Wildman–Crippen MR) is 67.1 cm³/mol. The lowest BCUT2D eigenvalue weighted by Gasteiger charge is -2.26. The molecule has 120 valence electrons. The van der Waals surface area contributed by atoms with Gasteiger partial charge >= 0.3 is 12.1 Å². The highest BCUT2D eigenvalue weighted by Gasteiger charge is 2.31. The number of nitrogens with zero attached hydrogens (tertiary/aromatic N) is 3. The van der Waals surface area contributed by atoms with Crippen molar-refractivity contribution in [1.82, 2.24) is 9.98 Å². The van der Waals surface area contributed by atoms with Gasteiger partial charge in [-0.1, -0.05) is 0 Å². The fourth-order valence-electron chi connectivity index (χ4n) is 2.01. The van der Waals surface area contributed by atoms with E-state index in [0.29, 0.717) is 19.5 Å². The Morgan fingerprint density at radius 2 is 2.24 bits per heavy atom. The summed E-state index contributed by atoms with van der Waals surface area (Å²) in [5.41, 5.74) is 0. The molecule has 10 nitrogen and oxygen atoms in total. The van der Waals surface area contributed by atoms with Crippen LogP contribution in [-0.2, 0) is 14.3 Å². The van der Waals surface area contributed by atoms with Crippen molar-refractivity contribution in [3.63, 3.8) is 0 Å². The normalized spacial score (nSPS) is 20.1. The molecular formula is C11H19N3O7.